The first-order valence-electron chi connectivity index (χ1n) is 6.42. The zero-order valence-electron chi connectivity index (χ0n) is 12.0. The molecule has 18 heavy (non-hydrogen) atoms. The Morgan fingerprint density at radius 3 is 2.61 bits per heavy atom. The number of hydrogen-bond donors (Lipinski definition) is 1. The van der Waals surface area contributed by atoms with Crippen molar-refractivity contribution in [3.63, 3.8) is 0 Å². The number of likely N-dealkylation sites (N-methyl/N-ethyl adjacent to an activating group) is 1. The van der Waals surface area contributed by atoms with E-state index in [-0.39, 0.29) is 5.54 Å². The SMILES string of the molecule is CNc1cc(N2CCN(C)C(C)(C)C2)nc(C)n1. The van der Waals surface area contributed by atoms with Crippen molar-refractivity contribution in [3.8, 4) is 0 Å². The summed E-state index contributed by atoms with van der Waals surface area (Å²) in [6.07, 6.45) is 0. The topological polar surface area (TPSA) is 44.3 Å². The summed E-state index contributed by atoms with van der Waals surface area (Å²) in [5.41, 5.74) is 0.177. The third-order valence-corrected chi connectivity index (χ3v) is 3.72. The number of rotatable bonds is 2. The molecule has 1 fully saturated rings. The highest BCUT2D eigenvalue weighted by Gasteiger charge is 2.31. The van der Waals surface area contributed by atoms with Gasteiger partial charge >= 0.3 is 0 Å². The van der Waals surface area contributed by atoms with Gasteiger partial charge in [0.05, 0.1) is 0 Å². The molecule has 0 unspecified atom stereocenters. The molecule has 1 aliphatic heterocycles. The Morgan fingerprint density at radius 2 is 2.00 bits per heavy atom. The molecular formula is C13H23N5. The normalized spacial score (nSPS) is 19.9. The first-order chi connectivity index (χ1) is 8.42. The van der Waals surface area contributed by atoms with Crippen LogP contribution in [-0.2, 0) is 0 Å². The average Bonchev–Trinajstić information content (AvgIpc) is 2.31. The molecule has 1 N–H and O–H groups in total. The van der Waals surface area contributed by atoms with Gasteiger partial charge in [0.1, 0.15) is 17.5 Å². The number of anilines is 2. The van der Waals surface area contributed by atoms with E-state index in [1.165, 1.54) is 0 Å². The number of aryl methyl sites for hydroxylation is 1. The van der Waals surface area contributed by atoms with Crippen molar-refractivity contribution in [2.24, 2.45) is 0 Å². The van der Waals surface area contributed by atoms with E-state index in [4.69, 9.17) is 0 Å². The van der Waals surface area contributed by atoms with E-state index >= 15 is 0 Å². The average molecular weight is 249 g/mol. The monoisotopic (exact) mass is 249 g/mol. The van der Waals surface area contributed by atoms with Crippen molar-refractivity contribution < 1.29 is 0 Å². The smallest absolute Gasteiger partial charge is 0.134 e. The standard InChI is InChI=1S/C13H23N5/c1-10-15-11(14-4)8-12(16-10)18-7-6-17(5)13(2,3)9-18/h8H,6-7,9H2,1-5H3,(H,14,15,16). The molecule has 0 bridgehead atoms. The molecule has 0 amide bonds. The number of nitrogens with zero attached hydrogens (tertiary/aromatic N) is 4. The van der Waals surface area contributed by atoms with E-state index in [0.29, 0.717) is 0 Å². The van der Waals surface area contributed by atoms with E-state index < -0.39 is 0 Å². The molecule has 1 saturated heterocycles. The Labute approximate surface area is 109 Å². The third-order valence-electron chi connectivity index (χ3n) is 3.72. The highest BCUT2D eigenvalue weighted by Crippen LogP contribution is 2.24. The number of aromatic nitrogens is 2. The largest absolute Gasteiger partial charge is 0.373 e. The van der Waals surface area contributed by atoms with E-state index in [1.807, 2.05) is 20.0 Å². The van der Waals surface area contributed by atoms with Gasteiger partial charge in [0, 0.05) is 38.3 Å². The predicted octanol–water partition coefficient (Wildman–Crippen LogP) is 1.36. The zero-order valence-corrected chi connectivity index (χ0v) is 12.0. The summed E-state index contributed by atoms with van der Waals surface area (Å²) in [6, 6.07) is 2.02. The Bertz CT molecular complexity index is 429. The summed E-state index contributed by atoms with van der Waals surface area (Å²) in [6.45, 7) is 9.54. The Kier molecular flexibility index (Phi) is 3.43. The fourth-order valence-electron chi connectivity index (χ4n) is 2.28. The summed E-state index contributed by atoms with van der Waals surface area (Å²) < 4.78 is 0. The number of hydrogen-bond acceptors (Lipinski definition) is 5. The fraction of sp³-hybridized carbons (Fsp3) is 0.692. The molecule has 1 aliphatic rings. The van der Waals surface area contributed by atoms with E-state index in [0.717, 1.165) is 37.1 Å². The van der Waals surface area contributed by atoms with Crippen LogP contribution < -0.4 is 10.2 Å². The molecule has 100 valence electrons. The second-order valence-electron chi connectivity index (χ2n) is 5.56. The molecule has 0 spiro atoms. The Morgan fingerprint density at radius 1 is 1.28 bits per heavy atom. The number of nitrogens with one attached hydrogen (secondary N) is 1. The molecule has 5 heteroatoms. The predicted molar refractivity (Wildman–Crippen MR) is 75.2 cm³/mol. The maximum absolute atomic E-state index is 4.55. The van der Waals surface area contributed by atoms with Crippen molar-refractivity contribution in [2.75, 3.05) is 43.9 Å². The van der Waals surface area contributed by atoms with Crippen molar-refractivity contribution in [2.45, 2.75) is 26.3 Å². The van der Waals surface area contributed by atoms with Gasteiger partial charge in [-0.3, -0.25) is 4.90 Å². The minimum atomic E-state index is 0.177. The number of piperazine rings is 1. The van der Waals surface area contributed by atoms with Crippen LogP contribution in [0.3, 0.4) is 0 Å². The molecule has 0 aliphatic carbocycles. The molecular weight excluding hydrogens is 226 g/mol. The lowest BCUT2D eigenvalue weighted by Gasteiger charge is -2.45. The van der Waals surface area contributed by atoms with Crippen LogP contribution in [0.25, 0.3) is 0 Å². The van der Waals surface area contributed by atoms with Crippen molar-refractivity contribution >= 4 is 11.6 Å². The minimum absolute atomic E-state index is 0.177. The highest BCUT2D eigenvalue weighted by atomic mass is 15.3. The second-order valence-corrected chi connectivity index (χ2v) is 5.56. The molecule has 2 heterocycles. The van der Waals surface area contributed by atoms with Gasteiger partial charge in [0.15, 0.2) is 0 Å². The molecule has 1 aromatic heterocycles. The van der Waals surface area contributed by atoms with Crippen LogP contribution in [0, 0.1) is 6.92 Å². The summed E-state index contributed by atoms with van der Waals surface area (Å²) >= 11 is 0. The summed E-state index contributed by atoms with van der Waals surface area (Å²) in [4.78, 5) is 13.6. The molecule has 2 rings (SSSR count). The van der Waals surface area contributed by atoms with Gasteiger partial charge in [0.2, 0.25) is 0 Å². The molecule has 0 radical (unpaired) electrons. The first kappa shape index (κ1) is 13.1. The molecule has 0 atom stereocenters. The lowest BCUT2D eigenvalue weighted by molar-refractivity contribution is 0.138. The van der Waals surface area contributed by atoms with Gasteiger partial charge in [-0.1, -0.05) is 0 Å². The van der Waals surface area contributed by atoms with Crippen LogP contribution in [-0.4, -0.2) is 54.1 Å². The molecule has 0 saturated carbocycles. The quantitative estimate of drug-likeness (QED) is 0.857. The van der Waals surface area contributed by atoms with Crippen molar-refractivity contribution in [1.82, 2.24) is 14.9 Å². The van der Waals surface area contributed by atoms with E-state index in [2.05, 4.69) is 46.0 Å². The van der Waals surface area contributed by atoms with Crippen LogP contribution in [0.1, 0.15) is 19.7 Å². The van der Waals surface area contributed by atoms with Gasteiger partial charge in [0.25, 0.3) is 0 Å². The van der Waals surface area contributed by atoms with E-state index in [9.17, 15) is 0 Å². The van der Waals surface area contributed by atoms with Crippen LogP contribution in [0.4, 0.5) is 11.6 Å². The second kappa shape index (κ2) is 4.72. The van der Waals surface area contributed by atoms with Crippen molar-refractivity contribution in [3.05, 3.63) is 11.9 Å². The van der Waals surface area contributed by atoms with Crippen LogP contribution in [0.2, 0.25) is 0 Å². The van der Waals surface area contributed by atoms with Gasteiger partial charge < -0.3 is 10.2 Å². The van der Waals surface area contributed by atoms with Gasteiger partial charge in [-0.25, -0.2) is 9.97 Å². The maximum atomic E-state index is 4.55. The fourth-order valence-corrected chi connectivity index (χ4v) is 2.28. The molecule has 1 aromatic rings. The summed E-state index contributed by atoms with van der Waals surface area (Å²) in [5.74, 6) is 2.72. The maximum Gasteiger partial charge on any atom is 0.134 e. The zero-order chi connectivity index (χ0) is 13.3. The van der Waals surface area contributed by atoms with Crippen molar-refractivity contribution in [1.29, 1.82) is 0 Å². The van der Waals surface area contributed by atoms with Crippen LogP contribution in [0.15, 0.2) is 6.07 Å². The lowest BCUT2D eigenvalue weighted by atomic mass is 10.00. The summed E-state index contributed by atoms with van der Waals surface area (Å²) in [5, 5.41) is 3.09. The first-order valence-corrected chi connectivity index (χ1v) is 6.42. The molecule has 5 nitrogen and oxygen atoms in total. The summed E-state index contributed by atoms with van der Waals surface area (Å²) in [7, 11) is 4.07. The van der Waals surface area contributed by atoms with E-state index in [1.54, 1.807) is 0 Å². The van der Waals surface area contributed by atoms with Gasteiger partial charge in [-0.05, 0) is 27.8 Å². The minimum Gasteiger partial charge on any atom is -0.373 e. The van der Waals surface area contributed by atoms with Gasteiger partial charge in [-0.15, -0.1) is 0 Å². The van der Waals surface area contributed by atoms with Gasteiger partial charge in [-0.2, -0.15) is 0 Å². The Balaban J connectivity index is 2.24. The third kappa shape index (κ3) is 2.56. The molecule has 0 aromatic carbocycles. The highest BCUT2D eigenvalue weighted by molar-refractivity contribution is 5.49. The van der Waals surface area contributed by atoms with Crippen LogP contribution >= 0.6 is 0 Å². The lowest BCUT2D eigenvalue weighted by Crippen LogP contribution is -2.57. The Hall–Kier alpha value is -1.36. The van der Waals surface area contributed by atoms with Crippen LogP contribution in [0.5, 0.6) is 0 Å².